The van der Waals surface area contributed by atoms with Crippen LogP contribution < -0.4 is 5.73 Å². The standard InChI is InChI=1S/C15H16ClNOS/c1-10-3-4-11(2)15(7-10)19(18)9-12-5-6-13(16)14(17)8-12/h3-8H,9,17H2,1-2H3. The van der Waals surface area contributed by atoms with E-state index in [4.69, 9.17) is 17.3 Å². The average molecular weight is 294 g/mol. The molecule has 2 aromatic rings. The molecule has 0 aromatic heterocycles. The summed E-state index contributed by atoms with van der Waals surface area (Å²) in [5.41, 5.74) is 9.38. The van der Waals surface area contributed by atoms with Crippen LogP contribution in [0.3, 0.4) is 0 Å². The zero-order chi connectivity index (χ0) is 14.0. The molecule has 4 heteroatoms. The lowest BCUT2D eigenvalue weighted by Gasteiger charge is -2.08. The van der Waals surface area contributed by atoms with Gasteiger partial charge in [-0.15, -0.1) is 0 Å². The van der Waals surface area contributed by atoms with Crippen LogP contribution in [0.5, 0.6) is 0 Å². The van der Waals surface area contributed by atoms with Crippen molar-refractivity contribution in [3.63, 3.8) is 0 Å². The summed E-state index contributed by atoms with van der Waals surface area (Å²) in [4.78, 5) is 0.883. The number of halogens is 1. The van der Waals surface area contributed by atoms with Gasteiger partial charge in [0.1, 0.15) is 0 Å². The molecule has 2 nitrogen and oxygen atoms in total. The Bertz CT molecular complexity index is 640. The van der Waals surface area contributed by atoms with E-state index in [1.807, 2.05) is 38.1 Å². The summed E-state index contributed by atoms with van der Waals surface area (Å²) in [6.45, 7) is 3.98. The zero-order valence-electron chi connectivity index (χ0n) is 10.9. The van der Waals surface area contributed by atoms with Gasteiger partial charge in [0.05, 0.1) is 27.3 Å². The number of hydrogen-bond donors (Lipinski definition) is 1. The normalized spacial score (nSPS) is 12.4. The van der Waals surface area contributed by atoms with Gasteiger partial charge in [0.15, 0.2) is 0 Å². The van der Waals surface area contributed by atoms with E-state index in [-0.39, 0.29) is 0 Å². The Labute approximate surface area is 121 Å². The number of nitrogen functional groups attached to an aromatic ring is 1. The highest BCUT2D eigenvalue weighted by atomic mass is 35.5. The smallest absolute Gasteiger partial charge is 0.0635 e. The molecule has 0 saturated heterocycles. The lowest BCUT2D eigenvalue weighted by molar-refractivity contribution is 0.682. The van der Waals surface area contributed by atoms with Crippen LogP contribution in [0.2, 0.25) is 5.02 Å². The molecule has 2 aromatic carbocycles. The molecular formula is C15H16ClNOS. The van der Waals surface area contributed by atoms with Gasteiger partial charge in [-0.1, -0.05) is 29.8 Å². The molecule has 0 amide bonds. The third-order valence-electron chi connectivity index (χ3n) is 2.95. The molecule has 0 aliphatic heterocycles. The van der Waals surface area contributed by atoms with E-state index in [9.17, 15) is 4.21 Å². The molecule has 1 unspecified atom stereocenters. The molecule has 0 fully saturated rings. The van der Waals surface area contributed by atoms with Crippen molar-refractivity contribution in [2.75, 3.05) is 5.73 Å². The van der Waals surface area contributed by atoms with Crippen LogP contribution in [-0.4, -0.2) is 4.21 Å². The largest absolute Gasteiger partial charge is 0.398 e. The fourth-order valence-corrected chi connectivity index (χ4v) is 3.36. The molecule has 100 valence electrons. The lowest BCUT2D eigenvalue weighted by atomic mass is 10.2. The number of aryl methyl sites for hydroxylation is 2. The number of anilines is 1. The molecular weight excluding hydrogens is 278 g/mol. The first-order valence-electron chi connectivity index (χ1n) is 5.97. The molecule has 2 rings (SSSR count). The van der Waals surface area contributed by atoms with Crippen molar-refractivity contribution < 1.29 is 4.21 Å². The topological polar surface area (TPSA) is 43.1 Å². The van der Waals surface area contributed by atoms with Gasteiger partial charge in [-0.3, -0.25) is 4.21 Å². The van der Waals surface area contributed by atoms with Crippen molar-refractivity contribution in [1.29, 1.82) is 0 Å². The average Bonchev–Trinajstić information content (AvgIpc) is 2.36. The van der Waals surface area contributed by atoms with Crippen LogP contribution in [0, 0.1) is 13.8 Å². The molecule has 0 heterocycles. The minimum absolute atomic E-state index is 0.450. The van der Waals surface area contributed by atoms with E-state index in [1.165, 1.54) is 0 Å². The minimum Gasteiger partial charge on any atom is -0.398 e. The van der Waals surface area contributed by atoms with Gasteiger partial charge in [0.25, 0.3) is 0 Å². The Kier molecular flexibility index (Phi) is 4.27. The number of nitrogens with two attached hydrogens (primary N) is 1. The first kappa shape index (κ1) is 14.1. The van der Waals surface area contributed by atoms with Crippen LogP contribution in [0.1, 0.15) is 16.7 Å². The summed E-state index contributed by atoms with van der Waals surface area (Å²) >= 11 is 5.88. The van der Waals surface area contributed by atoms with E-state index in [0.29, 0.717) is 16.5 Å². The van der Waals surface area contributed by atoms with Gasteiger partial charge in [0.2, 0.25) is 0 Å². The van der Waals surface area contributed by atoms with Gasteiger partial charge < -0.3 is 5.73 Å². The Hall–Kier alpha value is -1.32. The van der Waals surface area contributed by atoms with E-state index < -0.39 is 10.8 Å². The lowest BCUT2D eigenvalue weighted by Crippen LogP contribution is -2.00. The first-order valence-corrected chi connectivity index (χ1v) is 7.66. The van der Waals surface area contributed by atoms with Crippen molar-refractivity contribution >= 4 is 28.1 Å². The van der Waals surface area contributed by atoms with Crippen molar-refractivity contribution in [1.82, 2.24) is 0 Å². The van der Waals surface area contributed by atoms with Gasteiger partial charge in [-0.05, 0) is 48.7 Å². The summed E-state index contributed by atoms with van der Waals surface area (Å²) in [5.74, 6) is 0.450. The van der Waals surface area contributed by atoms with Crippen LogP contribution in [-0.2, 0) is 16.6 Å². The maximum absolute atomic E-state index is 12.4. The molecule has 0 aliphatic carbocycles. The molecule has 2 N–H and O–H groups in total. The number of rotatable bonds is 3. The van der Waals surface area contributed by atoms with Crippen molar-refractivity contribution in [3.8, 4) is 0 Å². The SMILES string of the molecule is Cc1ccc(C)c(S(=O)Cc2ccc(Cl)c(N)c2)c1. The molecule has 0 saturated carbocycles. The summed E-state index contributed by atoms with van der Waals surface area (Å²) < 4.78 is 12.4. The van der Waals surface area contributed by atoms with Crippen LogP contribution in [0.25, 0.3) is 0 Å². The molecule has 0 aliphatic rings. The van der Waals surface area contributed by atoms with Gasteiger partial charge in [-0.25, -0.2) is 0 Å². The van der Waals surface area contributed by atoms with E-state index in [1.54, 1.807) is 12.1 Å². The summed E-state index contributed by atoms with van der Waals surface area (Å²) in [7, 11) is -1.07. The van der Waals surface area contributed by atoms with Crippen LogP contribution >= 0.6 is 11.6 Å². The number of benzene rings is 2. The Morgan fingerprint density at radius 2 is 1.89 bits per heavy atom. The molecule has 1 atom stereocenters. The van der Waals surface area contributed by atoms with E-state index in [2.05, 4.69) is 0 Å². The Morgan fingerprint density at radius 1 is 1.16 bits per heavy atom. The maximum atomic E-state index is 12.4. The summed E-state index contributed by atoms with van der Waals surface area (Å²) in [6.07, 6.45) is 0. The number of hydrogen-bond acceptors (Lipinski definition) is 2. The van der Waals surface area contributed by atoms with Gasteiger partial charge in [-0.2, -0.15) is 0 Å². The van der Waals surface area contributed by atoms with Crippen molar-refractivity contribution in [2.45, 2.75) is 24.5 Å². The third kappa shape index (κ3) is 3.37. The van der Waals surface area contributed by atoms with Crippen molar-refractivity contribution in [3.05, 3.63) is 58.1 Å². The minimum atomic E-state index is -1.07. The highest BCUT2D eigenvalue weighted by Crippen LogP contribution is 2.23. The Balaban J connectivity index is 2.25. The summed E-state index contributed by atoms with van der Waals surface area (Å²) in [5, 5.41) is 0.529. The van der Waals surface area contributed by atoms with Gasteiger partial charge in [0, 0.05) is 4.90 Å². The van der Waals surface area contributed by atoms with E-state index >= 15 is 0 Å². The predicted molar refractivity (Wildman–Crippen MR) is 81.9 cm³/mol. The highest BCUT2D eigenvalue weighted by molar-refractivity contribution is 7.84. The quantitative estimate of drug-likeness (QED) is 0.874. The monoisotopic (exact) mass is 293 g/mol. The molecule has 0 radical (unpaired) electrons. The van der Waals surface area contributed by atoms with Gasteiger partial charge >= 0.3 is 0 Å². The maximum Gasteiger partial charge on any atom is 0.0635 e. The second-order valence-electron chi connectivity index (χ2n) is 4.61. The molecule has 19 heavy (non-hydrogen) atoms. The fourth-order valence-electron chi connectivity index (χ4n) is 1.86. The first-order chi connectivity index (χ1) is 8.97. The second-order valence-corrected chi connectivity index (χ2v) is 6.44. The van der Waals surface area contributed by atoms with E-state index in [0.717, 1.165) is 21.6 Å². The van der Waals surface area contributed by atoms with Crippen molar-refractivity contribution in [2.24, 2.45) is 0 Å². The fraction of sp³-hybridized carbons (Fsp3) is 0.200. The summed E-state index contributed by atoms with van der Waals surface area (Å²) in [6, 6.07) is 11.4. The molecule has 0 bridgehead atoms. The zero-order valence-corrected chi connectivity index (χ0v) is 12.5. The van der Waals surface area contributed by atoms with Crippen LogP contribution in [0.4, 0.5) is 5.69 Å². The third-order valence-corrected chi connectivity index (χ3v) is 4.82. The predicted octanol–water partition coefficient (Wildman–Crippen LogP) is 3.85. The molecule has 0 spiro atoms. The van der Waals surface area contributed by atoms with Crippen LogP contribution in [0.15, 0.2) is 41.3 Å². The second kappa shape index (κ2) is 5.76. The Morgan fingerprint density at radius 3 is 2.58 bits per heavy atom. The highest BCUT2D eigenvalue weighted by Gasteiger charge is 2.09.